The number of amides is 2. The van der Waals surface area contributed by atoms with Crippen LogP contribution in [0.3, 0.4) is 0 Å². The Morgan fingerprint density at radius 1 is 1.19 bits per heavy atom. The van der Waals surface area contributed by atoms with E-state index in [-0.39, 0.29) is 18.0 Å². The molecule has 2 heterocycles. The molecule has 1 aromatic rings. The maximum absolute atomic E-state index is 11.6. The van der Waals surface area contributed by atoms with E-state index < -0.39 is 5.60 Å². The molecule has 0 radical (unpaired) electrons. The molecule has 1 aromatic heterocycles. The Labute approximate surface area is 186 Å². The van der Waals surface area contributed by atoms with E-state index in [4.69, 9.17) is 4.74 Å². The Bertz CT molecular complexity index is 759. The summed E-state index contributed by atoms with van der Waals surface area (Å²) in [6.45, 7) is 10.0. The Morgan fingerprint density at radius 3 is 2.45 bits per heavy atom. The molecule has 0 spiro atoms. The highest BCUT2D eigenvalue weighted by molar-refractivity contribution is 5.92. The molecule has 172 valence electrons. The number of carbonyl (C=O) groups is 2. The number of hydrogen-bond donors (Lipinski definition) is 3. The summed E-state index contributed by atoms with van der Waals surface area (Å²) < 4.78 is 5.22. The number of hydrogen-bond acceptors (Lipinski definition) is 3. The van der Waals surface area contributed by atoms with Gasteiger partial charge in [-0.3, -0.25) is 4.79 Å². The summed E-state index contributed by atoms with van der Waals surface area (Å²) in [4.78, 5) is 25.8. The standard InChI is InChI=1S/C12H17NO2.C11H16N2O.C2H6/c1-8-5-4-6-9(7-8)10-12(2,3)15-11(14)13-10;14-11(10-7-4-8-12-10)13-9-5-2-1-3-6-9;1-2/h4,6-8,10H,5H2,1-3H3,(H,13,14);4,7-9,12H,1-3,5-6H2,(H,13,14);1-2H3/t8?,10-;;/m0../s1. The molecule has 3 aliphatic rings. The zero-order chi connectivity index (χ0) is 22.9. The number of H-pyrrole nitrogens is 1. The Morgan fingerprint density at radius 2 is 1.90 bits per heavy atom. The topological polar surface area (TPSA) is 83.2 Å². The van der Waals surface area contributed by atoms with Crippen LogP contribution in [0.25, 0.3) is 0 Å². The molecule has 3 N–H and O–H groups in total. The molecular formula is C25H39N3O3. The Balaban J connectivity index is 0.000000204. The molecule has 2 fully saturated rings. The van der Waals surface area contributed by atoms with Crippen molar-refractivity contribution in [1.29, 1.82) is 0 Å². The van der Waals surface area contributed by atoms with E-state index in [0.29, 0.717) is 17.7 Å². The minimum Gasteiger partial charge on any atom is -0.441 e. The molecule has 2 aliphatic carbocycles. The van der Waals surface area contributed by atoms with Gasteiger partial charge in [-0.05, 0) is 56.7 Å². The van der Waals surface area contributed by atoms with Gasteiger partial charge in [0.2, 0.25) is 0 Å². The highest BCUT2D eigenvalue weighted by Gasteiger charge is 2.42. The lowest BCUT2D eigenvalue weighted by Gasteiger charge is -2.26. The molecule has 1 saturated carbocycles. The zero-order valence-corrected chi connectivity index (χ0v) is 19.7. The third kappa shape index (κ3) is 7.30. The van der Waals surface area contributed by atoms with Crippen LogP contribution in [-0.2, 0) is 4.74 Å². The van der Waals surface area contributed by atoms with Crippen molar-refractivity contribution in [1.82, 2.24) is 15.6 Å². The van der Waals surface area contributed by atoms with E-state index >= 15 is 0 Å². The number of allylic oxidation sites excluding steroid dienone is 2. The molecule has 6 nitrogen and oxygen atoms in total. The van der Waals surface area contributed by atoms with E-state index in [1.165, 1.54) is 19.3 Å². The fourth-order valence-electron chi connectivity index (χ4n) is 4.15. The van der Waals surface area contributed by atoms with Gasteiger partial charge in [0.25, 0.3) is 5.91 Å². The summed E-state index contributed by atoms with van der Waals surface area (Å²) in [7, 11) is 0. The Kier molecular flexibility index (Phi) is 9.41. The summed E-state index contributed by atoms with van der Waals surface area (Å²) in [5.74, 6) is 0.570. The van der Waals surface area contributed by atoms with Crippen molar-refractivity contribution < 1.29 is 14.3 Å². The molecular weight excluding hydrogens is 390 g/mol. The molecule has 1 aliphatic heterocycles. The van der Waals surface area contributed by atoms with Crippen LogP contribution in [0.2, 0.25) is 0 Å². The molecule has 1 unspecified atom stereocenters. The molecule has 0 bridgehead atoms. The van der Waals surface area contributed by atoms with Gasteiger partial charge in [0.1, 0.15) is 11.3 Å². The number of ether oxygens (including phenoxy) is 1. The average Bonchev–Trinajstić information content (AvgIpc) is 3.38. The lowest BCUT2D eigenvalue weighted by molar-refractivity contribution is 0.0750. The number of carbonyl (C=O) groups excluding carboxylic acids is 2. The predicted molar refractivity (Wildman–Crippen MR) is 125 cm³/mol. The Hall–Kier alpha value is -2.50. The third-order valence-electron chi connectivity index (χ3n) is 5.72. The summed E-state index contributed by atoms with van der Waals surface area (Å²) in [5, 5.41) is 5.90. The van der Waals surface area contributed by atoms with Crippen molar-refractivity contribution >= 4 is 12.0 Å². The van der Waals surface area contributed by atoms with E-state index in [1.807, 2.05) is 33.8 Å². The number of alkyl carbamates (subject to hydrolysis) is 1. The first kappa shape index (κ1) is 24.8. The van der Waals surface area contributed by atoms with Gasteiger partial charge in [-0.1, -0.05) is 58.3 Å². The van der Waals surface area contributed by atoms with Gasteiger partial charge in [0, 0.05) is 12.2 Å². The van der Waals surface area contributed by atoms with Gasteiger partial charge in [-0.25, -0.2) is 4.79 Å². The van der Waals surface area contributed by atoms with Crippen molar-refractivity contribution in [2.75, 3.05) is 0 Å². The first-order chi connectivity index (χ1) is 14.8. The quantitative estimate of drug-likeness (QED) is 0.593. The van der Waals surface area contributed by atoms with Crippen LogP contribution < -0.4 is 10.6 Å². The van der Waals surface area contributed by atoms with Crippen molar-refractivity contribution in [3.63, 3.8) is 0 Å². The molecule has 6 heteroatoms. The number of cyclic esters (lactones) is 1. The summed E-state index contributed by atoms with van der Waals surface area (Å²) in [5.41, 5.74) is 1.37. The van der Waals surface area contributed by atoms with E-state index in [0.717, 1.165) is 24.8 Å². The van der Waals surface area contributed by atoms with Gasteiger partial charge in [0.05, 0.1) is 6.04 Å². The van der Waals surface area contributed by atoms with Crippen LogP contribution >= 0.6 is 0 Å². The molecule has 31 heavy (non-hydrogen) atoms. The molecule has 0 aromatic carbocycles. The maximum Gasteiger partial charge on any atom is 0.408 e. The second kappa shape index (κ2) is 11.8. The number of aromatic amines is 1. The average molecular weight is 430 g/mol. The summed E-state index contributed by atoms with van der Waals surface area (Å²) in [6.07, 6.45) is 15.0. The highest BCUT2D eigenvalue weighted by Crippen LogP contribution is 2.30. The fraction of sp³-hybridized carbons (Fsp3) is 0.600. The minimum absolute atomic E-state index is 0.0241. The van der Waals surface area contributed by atoms with Crippen molar-refractivity contribution in [3.8, 4) is 0 Å². The van der Waals surface area contributed by atoms with Crippen LogP contribution in [0, 0.1) is 5.92 Å². The van der Waals surface area contributed by atoms with Crippen molar-refractivity contribution in [2.45, 2.75) is 90.8 Å². The summed E-state index contributed by atoms with van der Waals surface area (Å²) in [6, 6.07) is 4.01. The van der Waals surface area contributed by atoms with Crippen LogP contribution in [0.4, 0.5) is 4.79 Å². The summed E-state index contributed by atoms with van der Waals surface area (Å²) >= 11 is 0. The van der Waals surface area contributed by atoms with Crippen molar-refractivity contribution in [3.05, 3.63) is 47.8 Å². The molecule has 2 amide bonds. The second-order valence-corrected chi connectivity index (χ2v) is 8.74. The number of nitrogens with one attached hydrogen (secondary N) is 3. The first-order valence-electron chi connectivity index (χ1n) is 11.7. The number of rotatable bonds is 3. The first-order valence-corrected chi connectivity index (χ1v) is 11.7. The highest BCUT2D eigenvalue weighted by atomic mass is 16.6. The van der Waals surface area contributed by atoms with Crippen LogP contribution in [-0.4, -0.2) is 34.7 Å². The van der Waals surface area contributed by atoms with Gasteiger partial charge >= 0.3 is 6.09 Å². The lowest BCUT2D eigenvalue weighted by atomic mass is 9.87. The minimum atomic E-state index is -0.454. The van der Waals surface area contributed by atoms with Crippen LogP contribution in [0.5, 0.6) is 0 Å². The third-order valence-corrected chi connectivity index (χ3v) is 5.72. The predicted octanol–water partition coefficient (Wildman–Crippen LogP) is 5.50. The monoisotopic (exact) mass is 429 g/mol. The molecule has 1 saturated heterocycles. The van der Waals surface area contributed by atoms with Gasteiger partial charge in [0.15, 0.2) is 0 Å². The fourth-order valence-corrected chi connectivity index (χ4v) is 4.15. The SMILES string of the molecule is CC.CC1C=C([C@@H]2NC(=O)OC2(C)C)C=CC1.O=C(NC1CCCCC1)c1ccc[nH]1. The zero-order valence-electron chi connectivity index (χ0n) is 19.7. The smallest absolute Gasteiger partial charge is 0.408 e. The van der Waals surface area contributed by atoms with E-state index in [1.54, 1.807) is 12.3 Å². The van der Waals surface area contributed by atoms with Gasteiger partial charge in [-0.2, -0.15) is 0 Å². The van der Waals surface area contributed by atoms with Gasteiger partial charge < -0.3 is 20.4 Å². The van der Waals surface area contributed by atoms with Crippen LogP contribution in [0.1, 0.15) is 83.6 Å². The second-order valence-electron chi connectivity index (χ2n) is 8.74. The maximum atomic E-state index is 11.6. The number of aromatic nitrogens is 1. The van der Waals surface area contributed by atoms with Gasteiger partial charge in [-0.15, -0.1) is 0 Å². The normalized spacial score (nSPS) is 24.4. The largest absolute Gasteiger partial charge is 0.441 e. The van der Waals surface area contributed by atoms with Crippen LogP contribution in [0.15, 0.2) is 42.1 Å². The van der Waals surface area contributed by atoms with E-state index in [9.17, 15) is 9.59 Å². The van der Waals surface area contributed by atoms with Crippen molar-refractivity contribution in [2.24, 2.45) is 5.92 Å². The lowest BCUT2D eigenvalue weighted by Crippen LogP contribution is -2.40. The van der Waals surface area contributed by atoms with E-state index in [2.05, 4.69) is 40.8 Å². The molecule has 4 rings (SSSR count). The molecule has 2 atom stereocenters.